The Morgan fingerprint density at radius 2 is 2.00 bits per heavy atom. The van der Waals surface area contributed by atoms with Gasteiger partial charge < -0.3 is 9.64 Å². The molecule has 1 atom stereocenters. The summed E-state index contributed by atoms with van der Waals surface area (Å²) in [4.78, 5) is 13.2. The summed E-state index contributed by atoms with van der Waals surface area (Å²) in [7, 11) is 0. The Bertz CT molecular complexity index is 289. The number of rotatable bonds is 1. The van der Waals surface area contributed by atoms with Crippen molar-refractivity contribution in [3.05, 3.63) is 0 Å². The number of amides is 1. The third-order valence-electron chi connectivity index (χ3n) is 2.91. The molecule has 1 aliphatic heterocycles. The quantitative estimate of drug-likeness (QED) is 0.713. The van der Waals surface area contributed by atoms with Crippen molar-refractivity contribution in [1.29, 1.82) is 0 Å². The van der Waals surface area contributed by atoms with E-state index in [9.17, 15) is 13.6 Å². The highest BCUT2D eigenvalue weighted by atomic mass is 19.3. The van der Waals surface area contributed by atoms with E-state index in [1.165, 1.54) is 11.8 Å². The van der Waals surface area contributed by atoms with Gasteiger partial charge in [0.2, 0.25) is 6.43 Å². The Labute approximate surface area is 101 Å². The molecule has 1 amide bonds. The molecule has 0 radical (unpaired) electrons. The molecule has 0 spiro atoms. The van der Waals surface area contributed by atoms with Crippen LogP contribution in [-0.2, 0) is 4.74 Å². The van der Waals surface area contributed by atoms with E-state index in [1.54, 1.807) is 20.8 Å². The molecule has 3 nitrogen and oxygen atoms in total. The second-order valence-corrected chi connectivity index (χ2v) is 5.96. The van der Waals surface area contributed by atoms with Crippen LogP contribution in [0.5, 0.6) is 0 Å². The summed E-state index contributed by atoms with van der Waals surface area (Å²) in [5.41, 5.74) is -1.69. The van der Waals surface area contributed by atoms with Crippen LogP contribution in [-0.4, -0.2) is 36.1 Å². The molecule has 0 bridgehead atoms. The minimum Gasteiger partial charge on any atom is -0.444 e. The molecule has 1 saturated heterocycles. The maximum absolute atomic E-state index is 12.9. The first-order valence-electron chi connectivity index (χ1n) is 5.90. The molecule has 0 N–H and O–H groups in total. The van der Waals surface area contributed by atoms with Crippen molar-refractivity contribution in [3.8, 4) is 0 Å². The Kier molecular flexibility index (Phi) is 3.99. The molecule has 100 valence electrons. The summed E-state index contributed by atoms with van der Waals surface area (Å²) in [5.74, 6) is 0. The van der Waals surface area contributed by atoms with Gasteiger partial charge in [-0.05, 0) is 33.6 Å². The third-order valence-corrected chi connectivity index (χ3v) is 2.91. The standard InChI is InChI=1S/C12H21F2NO2/c1-11(2,3)17-10(16)15-7-5-6-12(4,8-15)9(13)14/h9H,5-8H2,1-4H3. The van der Waals surface area contributed by atoms with E-state index in [-0.39, 0.29) is 6.54 Å². The molecule has 1 unspecified atom stereocenters. The van der Waals surface area contributed by atoms with E-state index in [4.69, 9.17) is 4.74 Å². The lowest BCUT2D eigenvalue weighted by molar-refractivity contribution is -0.0495. The number of hydrogen-bond acceptors (Lipinski definition) is 2. The van der Waals surface area contributed by atoms with Crippen molar-refractivity contribution in [2.75, 3.05) is 13.1 Å². The number of nitrogens with zero attached hydrogens (tertiary/aromatic N) is 1. The van der Waals surface area contributed by atoms with Crippen LogP contribution in [0.3, 0.4) is 0 Å². The Morgan fingerprint density at radius 3 is 2.47 bits per heavy atom. The van der Waals surface area contributed by atoms with Crippen LogP contribution in [0, 0.1) is 5.41 Å². The first-order valence-corrected chi connectivity index (χ1v) is 5.90. The van der Waals surface area contributed by atoms with Gasteiger partial charge >= 0.3 is 6.09 Å². The highest BCUT2D eigenvalue weighted by molar-refractivity contribution is 5.68. The number of carbonyl (C=O) groups excluding carboxylic acids is 1. The minimum atomic E-state index is -2.41. The average Bonchev–Trinajstić information content (AvgIpc) is 2.15. The molecular formula is C12H21F2NO2. The van der Waals surface area contributed by atoms with Gasteiger partial charge in [-0.3, -0.25) is 0 Å². The number of piperidine rings is 1. The molecule has 5 heteroatoms. The number of carbonyl (C=O) groups is 1. The first kappa shape index (κ1) is 14.2. The molecule has 1 aliphatic rings. The highest BCUT2D eigenvalue weighted by Crippen LogP contribution is 2.35. The molecular weight excluding hydrogens is 228 g/mol. The smallest absolute Gasteiger partial charge is 0.410 e. The predicted octanol–water partition coefficient (Wildman–Crippen LogP) is 3.29. The van der Waals surface area contributed by atoms with Gasteiger partial charge in [0.25, 0.3) is 0 Å². The first-order chi connectivity index (χ1) is 7.64. The summed E-state index contributed by atoms with van der Waals surface area (Å²) in [5, 5.41) is 0. The van der Waals surface area contributed by atoms with Crippen LogP contribution in [0.4, 0.5) is 13.6 Å². The normalized spacial score (nSPS) is 26.2. The maximum Gasteiger partial charge on any atom is 0.410 e. The summed E-state index contributed by atoms with van der Waals surface area (Å²) >= 11 is 0. The van der Waals surface area contributed by atoms with E-state index in [2.05, 4.69) is 0 Å². The molecule has 1 fully saturated rings. The third kappa shape index (κ3) is 3.82. The average molecular weight is 249 g/mol. The monoisotopic (exact) mass is 249 g/mol. The van der Waals surface area contributed by atoms with Crippen molar-refractivity contribution in [3.63, 3.8) is 0 Å². The molecule has 0 saturated carbocycles. The Morgan fingerprint density at radius 1 is 1.41 bits per heavy atom. The number of ether oxygens (including phenoxy) is 1. The van der Waals surface area contributed by atoms with Gasteiger partial charge in [0.05, 0.1) is 0 Å². The molecule has 1 rings (SSSR count). The molecule has 17 heavy (non-hydrogen) atoms. The van der Waals surface area contributed by atoms with E-state index < -0.39 is 23.5 Å². The van der Waals surface area contributed by atoms with E-state index in [0.717, 1.165) is 0 Å². The molecule has 0 aromatic heterocycles. The van der Waals surface area contributed by atoms with Crippen LogP contribution < -0.4 is 0 Å². The SMILES string of the molecule is CC(C)(C)OC(=O)N1CCCC(C)(C(F)F)C1. The second kappa shape index (κ2) is 4.78. The Hall–Kier alpha value is -0.870. The van der Waals surface area contributed by atoms with Crippen LogP contribution >= 0.6 is 0 Å². The topological polar surface area (TPSA) is 29.5 Å². The largest absolute Gasteiger partial charge is 0.444 e. The summed E-state index contributed by atoms with van der Waals surface area (Å²) in [6.07, 6.45) is -1.86. The lowest BCUT2D eigenvalue weighted by Gasteiger charge is -2.40. The van der Waals surface area contributed by atoms with Gasteiger partial charge in [-0.1, -0.05) is 6.92 Å². The van der Waals surface area contributed by atoms with Gasteiger partial charge in [-0.25, -0.2) is 13.6 Å². The summed E-state index contributed by atoms with van der Waals surface area (Å²) in [6.45, 7) is 7.38. The van der Waals surface area contributed by atoms with Gasteiger partial charge in [0, 0.05) is 18.5 Å². The predicted molar refractivity (Wildman–Crippen MR) is 61.2 cm³/mol. The summed E-state index contributed by atoms with van der Waals surface area (Å²) in [6, 6.07) is 0. The number of halogens is 2. The Balaban J connectivity index is 2.64. The molecule has 0 aromatic rings. The fourth-order valence-corrected chi connectivity index (χ4v) is 1.93. The van der Waals surface area contributed by atoms with Gasteiger partial charge in [0.15, 0.2) is 0 Å². The van der Waals surface area contributed by atoms with Crippen LogP contribution in [0.2, 0.25) is 0 Å². The number of likely N-dealkylation sites (tertiary alicyclic amines) is 1. The highest BCUT2D eigenvalue weighted by Gasteiger charge is 2.41. The number of hydrogen-bond donors (Lipinski definition) is 0. The fraction of sp³-hybridized carbons (Fsp3) is 0.917. The number of alkyl halides is 2. The minimum absolute atomic E-state index is 0.0690. The summed E-state index contributed by atoms with van der Waals surface area (Å²) < 4.78 is 31.0. The zero-order valence-corrected chi connectivity index (χ0v) is 10.9. The van der Waals surface area contributed by atoms with Crippen LogP contribution in [0.1, 0.15) is 40.5 Å². The van der Waals surface area contributed by atoms with E-state index in [0.29, 0.717) is 19.4 Å². The van der Waals surface area contributed by atoms with Crippen molar-refractivity contribution in [2.24, 2.45) is 5.41 Å². The van der Waals surface area contributed by atoms with Crippen LogP contribution in [0.15, 0.2) is 0 Å². The van der Waals surface area contributed by atoms with Crippen LogP contribution in [0.25, 0.3) is 0 Å². The lowest BCUT2D eigenvalue weighted by Crippen LogP contribution is -2.49. The zero-order valence-electron chi connectivity index (χ0n) is 10.9. The van der Waals surface area contributed by atoms with E-state index in [1.807, 2.05) is 0 Å². The maximum atomic E-state index is 12.9. The van der Waals surface area contributed by atoms with Crippen molar-refractivity contribution in [2.45, 2.75) is 52.6 Å². The molecule has 1 heterocycles. The van der Waals surface area contributed by atoms with Crippen molar-refractivity contribution in [1.82, 2.24) is 4.90 Å². The van der Waals surface area contributed by atoms with Gasteiger partial charge in [-0.2, -0.15) is 0 Å². The van der Waals surface area contributed by atoms with Gasteiger partial charge in [0.1, 0.15) is 5.60 Å². The molecule has 0 aromatic carbocycles. The molecule has 0 aliphatic carbocycles. The fourth-order valence-electron chi connectivity index (χ4n) is 1.93. The lowest BCUT2D eigenvalue weighted by atomic mass is 9.82. The van der Waals surface area contributed by atoms with Crippen molar-refractivity contribution >= 4 is 6.09 Å². The van der Waals surface area contributed by atoms with Gasteiger partial charge in [-0.15, -0.1) is 0 Å². The van der Waals surface area contributed by atoms with E-state index >= 15 is 0 Å². The van der Waals surface area contributed by atoms with Crippen molar-refractivity contribution < 1.29 is 18.3 Å². The zero-order chi connectivity index (χ0) is 13.3. The second-order valence-electron chi connectivity index (χ2n) is 5.96.